The lowest BCUT2D eigenvalue weighted by Gasteiger charge is -2.15. The lowest BCUT2D eigenvalue weighted by molar-refractivity contribution is 0.623. The Morgan fingerprint density at radius 3 is 2.67 bits per heavy atom. The number of nitrogens with zero attached hydrogens (tertiary/aromatic N) is 3. The number of nitrogens with one attached hydrogen (secondary N) is 1. The highest BCUT2D eigenvalue weighted by molar-refractivity contribution is 5.64. The van der Waals surface area contributed by atoms with Crippen molar-refractivity contribution in [1.82, 2.24) is 14.6 Å². The monoisotopic (exact) mass is 364 g/mol. The van der Waals surface area contributed by atoms with Crippen molar-refractivity contribution in [3.05, 3.63) is 83.6 Å². The first-order valence-corrected chi connectivity index (χ1v) is 8.64. The van der Waals surface area contributed by atoms with Crippen LogP contribution >= 0.6 is 0 Å². The summed E-state index contributed by atoms with van der Waals surface area (Å²) in [5, 5.41) is 7.80. The SMILES string of the molecule is Cc1ccc(-c2cnc3ccc(NC(C)c4cccc(F)c4)nn23)c(F)c1. The maximum atomic E-state index is 14.4. The van der Waals surface area contributed by atoms with Crippen LogP contribution in [0.5, 0.6) is 0 Å². The summed E-state index contributed by atoms with van der Waals surface area (Å²) in [6.45, 7) is 3.77. The Labute approximate surface area is 155 Å². The summed E-state index contributed by atoms with van der Waals surface area (Å²) in [6.07, 6.45) is 1.61. The number of aromatic nitrogens is 3. The van der Waals surface area contributed by atoms with Gasteiger partial charge in [0.05, 0.1) is 17.9 Å². The van der Waals surface area contributed by atoms with E-state index in [1.165, 1.54) is 18.2 Å². The molecule has 1 N–H and O–H groups in total. The summed E-state index contributed by atoms with van der Waals surface area (Å²) >= 11 is 0. The molecule has 0 amide bonds. The topological polar surface area (TPSA) is 42.2 Å². The fraction of sp³-hybridized carbons (Fsp3) is 0.143. The molecule has 136 valence electrons. The number of benzene rings is 2. The van der Waals surface area contributed by atoms with Gasteiger partial charge in [0.25, 0.3) is 0 Å². The smallest absolute Gasteiger partial charge is 0.154 e. The first kappa shape index (κ1) is 17.1. The number of rotatable bonds is 4. The third-order valence-electron chi connectivity index (χ3n) is 4.48. The zero-order chi connectivity index (χ0) is 19.0. The fourth-order valence-electron chi connectivity index (χ4n) is 3.04. The molecule has 0 aliphatic rings. The van der Waals surface area contributed by atoms with Crippen LogP contribution in [0, 0.1) is 18.6 Å². The second-order valence-electron chi connectivity index (χ2n) is 6.54. The minimum atomic E-state index is -0.315. The normalized spacial score (nSPS) is 12.3. The van der Waals surface area contributed by atoms with Gasteiger partial charge in [-0.3, -0.25) is 0 Å². The minimum Gasteiger partial charge on any atom is -0.362 e. The second kappa shape index (κ2) is 6.79. The summed E-state index contributed by atoms with van der Waals surface area (Å²) in [5.41, 5.74) is 3.30. The molecule has 4 aromatic rings. The molecule has 1 atom stereocenters. The number of hydrogen-bond acceptors (Lipinski definition) is 3. The van der Waals surface area contributed by atoms with Gasteiger partial charge in [-0.2, -0.15) is 0 Å². The van der Waals surface area contributed by atoms with Gasteiger partial charge in [-0.25, -0.2) is 18.3 Å². The van der Waals surface area contributed by atoms with E-state index in [9.17, 15) is 8.78 Å². The van der Waals surface area contributed by atoms with Crippen molar-refractivity contribution < 1.29 is 8.78 Å². The first-order chi connectivity index (χ1) is 13.0. The molecule has 0 bridgehead atoms. The Morgan fingerprint density at radius 1 is 1.04 bits per heavy atom. The van der Waals surface area contributed by atoms with Crippen LogP contribution in [-0.4, -0.2) is 14.6 Å². The van der Waals surface area contributed by atoms with Crippen LogP contribution < -0.4 is 5.32 Å². The lowest BCUT2D eigenvalue weighted by Crippen LogP contribution is -2.10. The molecule has 0 radical (unpaired) electrons. The van der Waals surface area contributed by atoms with E-state index >= 15 is 0 Å². The van der Waals surface area contributed by atoms with Gasteiger partial charge in [0.1, 0.15) is 17.5 Å². The van der Waals surface area contributed by atoms with Crippen molar-refractivity contribution >= 4 is 11.5 Å². The number of imidazole rings is 1. The quantitative estimate of drug-likeness (QED) is 0.544. The Morgan fingerprint density at radius 2 is 1.89 bits per heavy atom. The van der Waals surface area contributed by atoms with Crippen LogP contribution in [0.3, 0.4) is 0 Å². The van der Waals surface area contributed by atoms with E-state index < -0.39 is 0 Å². The second-order valence-corrected chi connectivity index (χ2v) is 6.54. The van der Waals surface area contributed by atoms with Crippen LogP contribution in [0.1, 0.15) is 24.1 Å². The molecule has 4 rings (SSSR count). The van der Waals surface area contributed by atoms with Gasteiger partial charge in [0, 0.05) is 5.56 Å². The zero-order valence-electron chi connectivity index (χ0n) is 14.9. The summed E-state index contributed by atoms with van der Waals surface area (Å²) in [7, 11) is 0. The predicted octanol–water partition coefficient (Wildman–Crippen LogP) is 5.16. The third kappa shape index (κ3) is 3.38. The van der Waals surface area contributed by atoms with E-state index in [1.54, 1.807) is 28.9 Å². The molecule has 2 heterocycles. The van der Waals surface area contributed by atoms with Gasteiger partial charge >= 0.3 is 0 Å². The molecule has 0 spiro atoms. The molecule has 0 fully saturated rings. The van der Waals surface area contributed by atoms with Crippen molar-refractivity contribution in [3.63, 3.8) is 0 Å². The summed E-state index contributed by atoms with van der Waals surface area (Å²) in [4.78, 5) is 4.31. The van der Waals surface area contributed by atoms with Gasteiger partial charge in [0.15, 0.2) is 5.65 Å². The Hall–Kier alpha value is -3.28. The Balaban J connectivity index is 1.69. The highest BCUT2D eigenvalue weighted by atomic mass is 19.1. The van der Waals surface area contributed by atoms with E-state index in [0.717, 1.165) is 11.1 Å². The van der Waals surface area contributed by atoms with Crippen LogP contribution in [-0.2, 0) is 0 Å². The fourth-order valence-corrected chi connectivity index (χ4v) is 3.04. The first-order valence-electron chi connectivity index (χ1n) is 8.64. The van der Waals surface area contributed by atoms with E-state index in [4.69, 9.17) is 0 Å². The number of halogens is 2. The molecular formula is C21H18F2N4. The molecule has 27 heavy (non-hydrogen) atoms. The molecule has 0 aliphatic heterocycles. The lowest BCUT2D eigenvalue weighted by atomic mass is 10.1. The van der Waals surface area contributed by atoms with Crippen molar-refractivity contribution in [1.29, 1.82) is 0 Å². The van der Waals surface area contributed by atoms with Crippen molar-refractivity contribution in [3.8, 4) is 11.3 Å². The highest BCUT2D eigenvalue weighted by Gasteiger charge is 2.13. The molecule has 0 saturated carbocycles. The Kier molecular flexibility index (Phi) is 4.32. The molecule has 4 nitrogen and oxygen atoms in total. The molecule has 2 aromatic heterocycles. The third-order valence-corrected chi connectivity index (χ3v) is 4.48. The number of anilines is 1. The van der Waals surface area contributed by atoms with Gasteiger partial charge in [-0.05, 0) is 61.4 Å². The van der Waals surface area contributed by atoms with Crippen LogP contribution in [0.25, 0.3) is 16.9 Å². The standard InChI is InChI=1S/C21H18F2N4/c1-13-6-7-17(18(23)10-13)19-12-24-21-9-8-20(26-27(19)21)25-14(2)15-4-3-5-16(22)11-15/h3-12,14H,1-2H3,(H,25,26). The number of aryl methyl sites for hydroxylation is 1. The van der Waals surface area contributed by atoms with Crippen molar-refractivity contribution in [2.24, 2.45) is 0 Å². The van der Waals surface area contributed by atoms with Gasteiger partial charge in [0.2, 0.25) is 0 Å². The van der Waals surface area contributed by atoms with Gasteiger partial charge in [-0.1, -0.05) is 18.2 Å². The minimum absolute atomic E-state index is 0.145. The van der Waals surface area contributed by atoms with Crippen molar-refractivity contribution in [2.75, 3.05) is 5.32 Å². The maximum absolute atomic E-state index is 14.4. The summed E-state index contributed by atoms with van der Waals surface area (Å²) < 4.78 is 29.4. The summed E-state index contributed by atoms with van der Waals surface area (Å²) in [6, 6.07) is 15.0. The molecular weight excluding hydrogens is 346 g/mol. The Bertz CT molecular complexity index is 1120. The van der Waals surface area contributed by atoms with E-state index in [1.807, 2.05) is 32.0 Å². The van der Waals surface area contributed by atoms with Crippen LogP contribution in [0.2, 0.25) is 0 Å². The molecule has 0 saturated heterocycles. The zero-order valence-corrected chi connectivity index (χ0v) is 14.9. The molecule has 1 unspecified atom stereocenters. The molecule has 6 heteroatoms. The molecule has 2 aromatic carbocycles. The maximum Gasteiger partial charge on any atom is 0.154 e. The average molecular weight is 364 g/mol. The van der Waals surface area contributed by atoms with E-state index in [2.05, 4.69) is 15.4 Å². The average Bonchev–Trinajstić information content (AvgIpc) is 3.05. The van der Waals surface area contributed by atoms with Crippen LogP contribution in [0.15, 0.2) is 60.8 Å². The summed E-state index contributed by atoms with van der Waals surface area (Å²) in [5.74, 6) is -0.00701. The molecule has 0 aliphatic carbocycles. The van der Waals surface area contributed by atoms with E-state index in [-0.39, 0.29) is 17.7 Å². The van der Waals surface area contributed by atoms with Gasteiger partial charge < -0.3 is 5.32 Å². The van der Waals surface area contributed by atoms with E-state index in [0.29, 0.717) is 22.7 Å². The van der Waals surface area contributed by atoms with Crippen molar-refractivity contribution in [2.45, 2.75) is 19.9 Å². The number of fused-ring (bicyclic) bond motifs is 1. The predicted molar refractivity (Wildman–Crippen MR) is 102 cm³/mol. The van der Waals surface area contributed by atoms with Gasteiger partial charge in [-0.15, -0.1) is 5.10 Å². The van der Waals surface area contributed by atoms with Crippen LogP contribution in [0.4, 0.5) is 14.6 Å². The number of hydrogen-bond donors (Lipinski definition) is 1. The highest BCUT2D eigenvalue weighted by Crippen LogP contribution is 2.25. The largest absolute Gasteiger partial charge is 0.362 e.